The van der Waals surface area contributed by atoms with Crippen LogP contribution in [-0.2, 0) is 67.5 Å². The Balaban J connectivity index is 3.63. The minimum atomic E-state index is -0.461. The fraction of sp³-hybridized carbons (Fsp3) is 0.667. The third kappa shape index (κ3) is 8.01. The van der Waals surface area contributed by atoms with Crippen LogP contribution in [0.1, 0.15) is 74.9 Å². The van der Waals surface area contributed by atoms with E-state index in [2.05, 4.69) is 36.7 Å². The fourth-order valence-electron chi connectivity index (χ4n) is 4.56. The standard InChI is InChI=1S/C27H45N3O6/c1-10-19-22(13-28-16(4)25(31)34-7)20(11-2)24(15-30-18(6)27(33)36-9)21(12-3)23(19)14-29-17(5)26(32)35-8/h16-18,28-30H,10-15H2,1-9H3/t16-,17-,18-/m0/s1. The van der Waals surface area contributed by atoms with Crippen molar-refractivity contribution in [1.29, 1.82) is 0 Å². The van der Waals surface area contributed by atoms with Gasteiger partial charge in [0.2, 0.25) is 0 Å². The van der Waals surface area contributed by atoms with Gasteiger partial charge < -0.3 is 30.2 Å². The Kier molecular flexibility index (Phi) is 13.7. The van der Waals surface area contributed by atoms with E-state index in [1.165, 1.54) is 38.0 Å². The van der Waals surface area contributed by atoms with Crippen LogP contribution in [0, 0.1) is 0 Å². The molecule has 1 aromatic carbocycles. The van der Waals surface area contributed by atoms with E-state index in [0.717, 1.165) is 36.0 Å². The maximum absolute atomic E-state index is 12.0. The van der Waals surface area contributed by atoms with E-state index < -0.39 is 18.1 Å². The van der Waals surface area contributed by atoms with Crippen molar-refractivity contribution in [1.82, 2.24) is 16.0 Å². The summed E-state index contributed by atoms with van der Waals surface area (Å²) in [6.45, 7) is 13.2. The van der Waals surface area contributed by atoms with Gasteiger partial charge in [-0.15, -0.1) is 0 Å². The second-order valence-electron chi connectivity index (χ2n) is 8.81. The Hall–Kier alpha value is -2.49. The lowest BCUT2D eigenvalue weighted by Crippen LogP contribution is -2.37. The maximum atomic E-state index is 12.0. The first-order valence-electron chi connectivity index (χ1n) is 12.7. The van der Waals surface area contributed by atoms with Crippen LogP contribution in [0.15, 0.2) is 0 Å². The molecule has 0 aliphatic rings. The summed E-state index contributed by atoms with van der Waals surface area (Å²) in [5.74, 6) is -0.961. The zero-order chi connectivity index (χ0) is 27.4. The quantitative estimate of drug-likeness (QED) is 0.243. The number of nitrogens with one attached hydrogen (secondary N) is 3. The normalized spacial score (nSPS) is 13.6. The van der Waals surface area contributed by atoms with Gasteiger partial charge in [0.15, 0.2) is 0 Å². The van der Waals surface area contributed by atoms with E-state index in [1.54, 1.807) is 20.8 Å². The molecule has 0 bridgehead atoms. The maximum Gasteiger partial charge on any atom is 0.322 e. The van der Waals surface area contributed by atoms with Gasteiger partial charge in [0.1, 0.15) is 18.1 Å². The monoisotopic (exact) mass is 507 g/mol. The first kappa shape index (κ1) is 31.5. The zero-order valence-electron chi connectivity index (χ0n) is 23.4. The second kappa shape index (κ2) is 15.6. The van der Waals surface area contributed by atoms with Gasteiger partial charge in [-0.1, -0.05) is 20.8 Å². The van der Waals surface area contributed by atoms with Gasteiger partial charge in [-0.25, -0.2) is 0 Å². The molecule has 9 heteroatoms. The second-order valence-corrected chi connectivity index (χ2v) is 8.81. The van der Waals surface area contributed by atoms with Crippen LogP contribution < -0.4 is 16.0 Å². The topological polar surface area (TPSA) is 115 Å². The Morgan fingerprint density at radius 3 is 0.917 bits per heavy atom. The number of methoxy groups -OCH3 is 3. The average Bonchev–Trinajstić information content (AvgIpc) is 2.90. The Bertz CT molecular complexity index is 767. The molecule has 36 heavy (non-hydrogen) atoms. The lowest BCUT2D eigenvalue weighted by atomic mass is 9.83. The molecular weight excluding hydrogens is 462 g/mol. The Morgan fingerprint density at radius 1 is 0.528 bits per heavy atom. The molecule has 0 aliphatic carbocycles. The highest BCUT2D eigenvalue weighted by molar-refractivity contribution is 5.76. The summed E-state index contributed by atoms with van der Waals surface area (Å²) in [4.78, 5) is 36.1. The number of benzene rings is 1. The predicted octanol–water partition coefficient (Wildman–Crippen LogP) is 2.33. The summed E-state index contributed by atoms with van der Waals surface area (Å²) in [6, 6.07) is -1.38. The highest BCUT2D eigenvalue weighted by Crippen LogP contribution is 2.31. The van der Waals surface area contributed by atoms with Crippen LogP contribution in [0.5, 0.6) is 0 Å². The molecule has 0 saturated carbocycles. The molecule has 0 fully saturated rings. The Labute approximate surface area is 216 Å². The minimum Gasteiger partial charge on any atom is -0.468 e. The summed E-state index contributed by atoms with van der Waals surface area (Å²) in [5, 5.41) is 9.94. The molecule has 0 amide bonds. The SMILES string of the molecule is CCc1c(CN[C@@H](C)C(=O)OC)c(CC)c(CN[C@@H](C)C(=O)OC)c(CC)c1CN[C@@H](C)C(=O)OC. The zero-order valence-corrected chi connectivity index (χ0v) is 23.4. The number of esters is 3. The summed E-state index contributed by atoms with van der Waals surface area (Å²) < 4.78 is 14.7. The fourth-order valence-corrected chi connectivity index (χ4v) is 4.56. The van der Waals surface area contributed by atoms with Crippen molar-refractivity contribution < 1.29 is 28.6 Å². The van der Waals surface area contributed by atoms with Crippen LogP contribution in [-0.4, -0.2) is 57.4 Å². The molecule has 0 saturated heterocycles. The summed E-state index contributed by atoms with van der Waals surface area (Å²) in [6.07, 6.45) is 2.37. The van der Waals surface area contributed by atoms with Crippen molar-refractivity contribution >= 4 is 17.9 Å². The Morgan fingerprint density at radius 2 is 0.750 bits per heavy atom. The van der Waals surface area contributed by atoms with Gasteiger partial charge in [-0.3, -0.25) is 14.4 Å². The molecule has 0 spiro atoms. The molecule has 0 heterocycles. The molecule has 1 rings (SSSR count). The van der Waals surface area contributed by atoms with Gasteiger partial charge in [0.25, 0.3) is 0 Å². The highest BCUT2D eigenvalue weighted by Gasteiger charge is 2.24. The van der Waals surface area contributed by atoms with Crippen molar-refractivity contribution in [3.8, 4) is 0 Å². The minimum absolute atomic E-state index is 0.320. The van der Waals surface area contributed by atoms with Crippen molar-refractivity contribution in [2.24, 2.45) is 0 Å². The molecule has 0 radical (unpaired) electrons. The molecule has 0 aromatic heterocycles. The van der Waals surface area contributed by atoms with Gasteiger partial charge in [0, 0.05) is 19.6 Å². The van der Waals surface area contributed by atoms with E-state index >= 15 is 0 Å². The summed E-state index contributed by atoms with van der Waals surface area (Å²) in [7, 11) is 4.14. The number of hydrogen-bond donors (Lipinski definition) is 3. The van der Waals surface area contributed by atoms with Crippen LogP contribution >= 0.6 is 0 Å². The third-order valence-electron chi connectivity index (χ3n) is 6.67. The molecule has 9 nitrogen and oxygen atoms in total. The number of rotatable bonds is 15. The largest absolute Gasteiger partial charge is 0.468 e. The van der Waals surface area contributed by atoms with Crippen LogP contribution in [0.25, 0.3) is 0 Å². The molecule has 204 valence electrons. The van der Waals surface area contributed by atoms with Gasteiger partial charge >= 0.3 is 17.9 Å². The van der Waals surface area contributed by atoms with Crippen molar-refractivity contribution in [3.63, 3.8) is 0 Å². The third-order valence-corrected chi connectivity index (χ3v) is 6.67. The van der Waals surface area contributed by atoms with Gasteiger partial charge in [0.05, 0.1) is 21.3 Å². The molecular formula is C27H45N3O6. The van der Waals surface area contributed by atoms with Crippen LogP contribution in [0.2, 0.25) is 0 Å². The lowest BCUT2D eigenvalue weighted by Gasteiger charge is -2.28. The van der Waals surface area contributed by atoms with Gasteiger partial charge in [-0.05, 0) is 73.4 Å². The van der Waals surface area contributed by atoms with Crippen LogP contribution in [0.4, 0.5) is 0 Å². The van der Waals surface area contributed by atoms with Gasteiger partial charge in [-0.2, -0.15) is 0 Å². The van der Waals surface area contributed by atoms with E-state index in [1.807, 2.05) is 0 Å². The number of carbonyl (C=O) groups excluding carboxylic acids is 3. The molecule has 0 unspecified atom stereocenters. The summed E-state index contributed by atoms with van der Waals surface area (Å²) in [5.41, 5.74) is 7.00. The highest BCUT2D eigenvalue weighted by atomic mass is 16.5. The molecule has 0 aliphatic heterocycles. The number of hydrogen-bond acceptors (Lipinski definition) is 9. The van der Waals surface area contributed by atoms with Crippen molar-refractivity contribution in [2.75, 3.05) is 21.3 Å². The van der Waals surface area contributed by atoms with E-state index in [0.29, 0.717) is 19.6 Å². The van der Waals surface area contributed by atoms with Crippen LogP contribution in [0.3, 0.4) is 0 Å². The van der Waals surface area contributed by atoms with Crippen molar-refractivity contribution in [3.05, 3.63) is 33.4 Å². The smallest absolute Gasteiger partial charge is 0.322 e. The molecule has 1 aromatic rings. The van der Waals surface area contributed by atoms with E-state index in [-0.39, 0.29) is 17.9 Å². The lowest BCUT2D eigenvalue weighted by molar-refractivity contribution is -0.143. The molecule has 3 atom stereocenters. The number of ether oxygens (including phenoxy) is 3. The molecule has 3 N–H and O–H groups in total. The van der Waals surface area contributed by atoms with E-state index in [9.17, 15) is 14.4 Å². The average molecular weight is 508 g/mol. The van der Waals surface area contributed by atoms with E-state index in [4.69, 9.17) is 14.2 Å². The summed E-state index contributed by atoms with van der Waals surface area (Å²) >= 11 is 0. The van der Waals surface area contributed by atoms with Crippen molar-refractivity contribution in [2.45, 2.75) is 98.6 Å². The first-order chi connectivity index (χ1) is 17.1. The first-order valence-corrected chi connectivity index (χ1v) is 12.7. The number of carbonyl (C=O) groups is 3. The predicted molar refractivity (Wildman–Crippen MR) is 140 cm³/mol.